The molecule has 0 aliphatic heterocycles. The third-order valence-corrected chi connectivity index (χ3v) is 5.02. The molecule has 0 radical (unpaired) electrons. The maximum atomic E-state index is 11.9. The van der Waals surface area contributed by atoms with E-state index in [1.54, 1.807) is 23.2 Å². The molecule has 22 heavy (non-hydrogen) atoms. The number of halogens is 2. The number of benzene rings is 1. The summed E-state index contributed by atoms with van der Waals surface area (Å²) in [5.74, 6) is 0.0419. The Morgan fingerprint density at radius 2 is 1.95 bits per heavy atom. The summed E-state index contributed by atoms with van der Waals surface area (Å²) in [5.41, 5.74) is 0.937. The zero-order valence-corrected chi connectivity index (χ0v) is 16.2. The lowest BCUT2D eigenvalue weighted by Gasteiger charge is -2.23. The van der Waals surface area contributed by atoms with E-state index in [2.05, 4.69) is 39.7 Å². The number of thiazole rings is 1. The maximum Gasteiger partial charge on any atom is 0.225 e. The zero-order valence-electron chi connectivity index (χ0n) is 13.0. The van der Waals surface area contributed by atoms with Gasteiger partial charge in [0.25, 0.3) is 0 Å². The molecule has 7 heteroatoms. The van der Waals surface area contributed by atoms with E-state index >= 15 is 0 Å². The lowest BCUT2D eigenvalue weighted by Crippen LogP contribution is -2.37. The number of hydrogen-bond acceptors (Lipinski definition) is 4. The van der Waals surface area contributed by atoms with Gasteiger partial charge in [0, 0.05) is 24.5 Å². The van der Waals surface area contributed by atoms with Gasteiger partial charge in [0.15, 0.2) is 5.13 Å². The van der Waals surface area contributed by atoms with E-state index in [0.717, 1.165) is 39.5 Å². The van der Waals surface area contributed by atoms with Crippen LogP contribution in [0.15, 0.2) is 22.7 Å². The molecule has 4 nitrogen and oxygen atoms in total. The molecule has 1 amide bonds. The minimum Gasteiger partial charge on any atom is -0.302 e. The van der Waals surface area contributed by atoms with E-state index in [-0.39, 0.29) is 18.3 Å². The van der Waals surface area contributed by atoms with Crippen LogP contribution in [0.4, 0.5) is 5.13 Å². The maximum absolute atomic E-state index is 11.9. The van der Waals surface area contributed by atoms with Crippen molar-refractivity contribution in [2.45, 2.75) is 20.8 Å². The molecule has 122 valence electrons. The molecule has 0 bridgehead atoms. The first-order valence-electron chi connectivity index (χ1n) is 7.11. The summed E-state index contributed by atoms with van der Waals surface area (Å²) < 4.78 is 2.12. The quantitative estimate of drug-likeness (QED) is 0.722. The number of carbonyl (C=O) groups is 1. The van der Waals surface area contributed by atoms with Crippen molar-refractivity contribution in [3.8, 4) is 0 Å². The van der Waals surface area contributed by atoms with Crippen molar-refractivity contribution in [1.29, 1.82) is 0 Å². The van der Waals surface area contributed by atoms with Gasteiger partial charge in [-0.25, -0.2) is 4.98 Å². The molecule has 2 aromatic rings. The topological polar surface area (TPSA) is 36.4 Å². The molecule has 0 unspecified atom stereocenters. The van der Waals surface area contributed by atoms with Gasteiger partial charge in [0.1, 0.15) is 0 Å². The van der Waals surface area contributed by atoms with Crippen LogP contribution in [-0.2, 0) is 4.79 Å². The minimum absolute atomic E-state index is 0. The molecule has 0 saturated heterocycles. The third kappa shape index (κ3) is 4.65. The molecular weight excluding hydrogens is 386 g/mol. The van der Waals surface area contributed by atoms with E-state index < -0.39 is 0 Å². The Hall–Kier alpha value is -0.690. The highest BCUT2D eigenvalue weighted by Gasteiger charge is 2.17. The summed E-state index contributed by atoms with van der Waals surface area (Å²) in [6.45, 7) is 9.41. The number of hydrogen-bond donors (Lipinski definition) is 0. The highest BCUT2D eigenvalue weighted by Crippen LogP contribution is 2.30. The van der Waals surface area contributed by atoms with Crippen molar-refractivity contribution >= 4 is 60.9 Å². The first-order valence-corrected chi connectivity index (χ1v) is 8.72. The molecule has 0 N–H and O–H groups in total. The Morgan fingerprint density at radius 3 is 2.55 bits per heavy atom. The molecule has 0 saturated carbocycles. The fourth-order valence-corrected chi connectivity index (χ4v) is 3.76. The van der Waals surface area contributed by atoms with Gasteiger partial charge in [-0.3, -0.25) is 9.69 Å². The van der Waals surface area contributed by atoms with Crippen molar-refractivity contribution in [1.82, 2.24) is 9.88 Å². The average molecular weight is 407 g/mol. The van der Waals surface area contributed by atoms with E-state index in [0.29, 0.717) is 6.54 Å². The summed E-state index contributed by atoms with van der Waals surface area (Å²) in [6.07, 6.45) is 0. The molecule has 0 aliphatic carbocycles. The fourth-order valence-electron chi connectivity index (χ4n) is 2.17. The summed E-state index contributed by atoms with van der Waals surface area (Å²) in [5, 5.41) is 0.780. The predicted molar refractivity (Wildman–Crippen MR) is 100 cm³/mol. The molecule has 2 rings (SSSR count). The largest absolute Gasteiger partial charge is 0.302 e. The summed E-state index contributed by atoms with van der Waals surface area (Å²) in [6, 6.07) is 5.99. The number of carbonyl (C=O) groups excluding carboxylic acids is 1. The van der Waals surface area contributed by atoms with Crippen molar-refractivity contribution in [2.24, 2.45) is 0 Å². The van der Waals surface area contributed by atoms with Gasteiger partial charge in [0.05, 0.1) is 10.2 Å². The number of nitrogens with zero attached hydrogens (tertiary/aromatic N) is 3. The van der Waals surface area contributed by atoms with Gasteiger partial charge in [-0.1, -0.05) is 41.1 Å². The molecular formula is C15H21BrClN3OS. The summed E-state index contributed by atoms with van der Waals surface area (Å²) >= 11 is 5.03. The monoisotopic (exact) mass is 405 g/mol. The third-order valence-electron chi connectivity index (χ3n) is 3.48. The Morgan fingerprint density at radius 1 is 1.27 bits per heavy atom. The fraction of sp³-hybridized carbons (Fsp3) is 0.467. The van der Waals surface area contributed by atoms with Gasteiger partial charge in [-0.2, -0.15) is 0 Å². The highest BCUT2D eigenvalue weighted by atomic mass is 79.9. The van der Waals surface area contributed by atoms with Crippen LogP contribution in [-0.4, -0.2) is 42.0 Å². The Bertz CT molecular complexity index is 630. The van der Waals surface area contributed by atoms with Crippen LogP contribution in [0.2, 0.25) is 0 Å². The highest BCUT2D eigenvalue weighted by molar-refractivity contribution is 9.10. The van der Waals surface area contributed by atoms with E-state index in [1.807, 2.05) is 18.2 Å². The predicted octanol–water partition coefficient (Wildman–Crippen LogP) is 4.18. The van der Waals surface area contributed by atoms with Crippen LogP contribution in [0.1, 0.15) is 20.8 Å². The molecule has 0 atom stereocenters. The van der Waals surface area contributed by atoms with Gasteiger partial charge in [-0.05, 0) is 31.3 Å². The molecule has 1 aromatic carbocycles. The Labute approximate surface area is 150 Å². The SMILES string of the molecule is CCN(CC)CCN(C(C)=O)c1nc2ccc(Br)cc2s1.Cl. The summed E-state index contributed by atoms with van der Waals surface area (Å²) in [7, 11) is 0. The van der Waals surface area contributed by atoms with Crippen molar-refractivity contribution < 1.29 is 4.79 Å². The first kappa shape index (κ1) is 19.4. The van der Waals surface area contributed by atoms with E-state index in [1.165, 1.54) is 0 Å². The Balaban J connectivity index is 0.00000242. The number of anilines is 1. The Kier molecular flexibility index (Phi) is 7.76. The number of amides is 1. The molecule has 0 aliphatic rings. The molecule has 1 aromatic heterocycles. The first-order chi connectivity index (χ1) is 10.0. The molecule has 0 fully saturated rings. The zero-order chi connectivity index (χ0) is 15.4. The number of likely N-dealkylation sites (N-methyl/N-ethyl adjacent to an activating group) is 1. The number of rotatable bonds is 6. The number of aromatic nitrogens is 1. The van der Waals surface area contributed by atoms with Crippen molar-refractivity contribution in [2.75, 3.05) is 31.1 Å². The molecule has 1 heterocycles. The summed E-state index contributed by atoms with van der Waals surface area (Å²) in [4.78, 5) is 20.6. The van der Waals surface area contributed by atoms with Gasteiger partial charge >= 0.3 is 0 Å². The normalized spacial score (nSPS) is 10.8. The minimum atomic E-state index is 0. The van der Waals surface area contributed by atoms with Gasteiger partial charge in [-0.15, -0.1) is 12.4 Å². The lowest BCUT2D eigenvalue weighted by molar-refractivity contribution is -0.116. The second kappa shape index (κ2) is 8.82. The van der Waals surface area contributed by atoms with E-state index in [9.17, 15) is 4.79 Å². The standard InChI is InChI=1S/C15H20BrN3OS.ClH/c1-4-18(5-2)8-9-19(11(3)20)15-17-13-7-6-12(16)10-14(13)21-15;/h6-7,10H,4-5,8-9H2,1-3H3;1H. The second-order valence-corrected chi connectivity index (χ2v) is 6.73. The van der Waals surface area contributed by atoms with Crippen molar-refractivity contribution in [3.63, 3.8) is 0 Å². The van der Waals surface area contributed by atoms with Crippen molar-refractivity contribution in [3.05, 3.63) is 22.7 Å². The van der Waals surface area contributed by atoms with Gasteiger partial charge in [0.2, 0.25) is 5.91 Å². The van der Waals surface area contributed by atoms with Crippen LogP contribution in [0.3, 0.4) is 0 Å². The average Bonchev–Trinajstić information content (AvgIpc) is 2.85. The van der Waals surface area contributed by atoms with Crippen LogP contribution in [0.25, 0.3) is 10.2 Å². The molecule has 0 spiro atoms. The lowest BCUT2D eigenvalue weighted by atomic mass is 10.3. The van der Waals surface area contributed by atoms with Crippen LogP contribution in [0, 0.1) is 0 Å². The van der Waals surface area contributed by atoms with Crippen LogP contribution < -0.4 is 4.90 Å². The number of fused-ring (bicyclic) bond motifs is 1. The van der Waals surface area contributed by atoms with Crippen LogP contribution in [0.5, 0.6) is 0 Å². The van der Waals surface area contributed by atoms with Gasteiger partial charge < -0.3 is 4.90 Å². The van der Waals surface area contributed by atoms with E-state index in [4.69, 9.17) is 0 Å². The second-order valence-electron chi connectivity index (χ2n) is 4.81. The smallest absolute Gasteiger partial charge is 0.225 e. The van der Waals surface area contributed by atoms with Crippen LogP contribution >= 0.6 is 39.7 Å².